The summed E-state index contributed by atoms with van der Waals surface area (Å²) in [5, 5.41) is 0. The first-order valence-corrected chi connectivity index (χ1v) is 10.6. The van der Waals surface area contributed by atoms with Crippen LogP contribution >= 0.6 is 0 Å². The molecule has 1 nitrogen and oxygen atoms in total. The van der Waals surface area contributed by atoms with Crippen LogP contribution in [-0.2, 0) is 19.8 Å². The molecule has 0 fully saturated rings. The smallest absolute Gasteiger partial charge is 0.201 e. The van der Waals surface area contributed by atoms with Gasteiger partial charge in [-0.05, 0) is 71.7 Å². The van der Waals surface area contributed by atoms with Gasteiger partial charge in [0.05, 0.1) is 0 Å². The fourth-order valence-electron chi connectivity index (χ4n) is 3.69. The van der Waals surface area contributed by atoms with Crippen LogP contribution in [-0.4, -0.2) is 0 Å². The minimum atomic E-state index is -2.30. The van der Waals surface area contributed by atoms with Crippen molar-refractivity contribution in [3.05, 3.63) is 77.0 Å². The summed E-state index contributed by atoms with van der Waals surface area (Å²) < 4.78 is 62.0. The van der Waals surface area contributed by atoms with Crippen molar-refractivity contribution in [3.63, 3.8) is 0 Å². The second-order valence-corrected chi connectivity index (χ2v) is 9.35. The standard InChI is InChI=1S/C29H38N/c1-20(2)14-25-19-30(8)28(16-24(25)18-29(5,6)7)27-17-26(21(3)15-22(27)4)23-12-10-9-11-13-23/h9-13,15-17,19-20H,14,18H2,1-8H3/q+1/i3D3,14D2,18D2. The predicted octanol–water partition coefficient (Wildman–Crippen LogP) is 7.25. The topological polar surface area (TPSA) is 3.88 Å². The van der Waals surface area contributed by atoms with Crippen LogP contribution in [0, 0.1) is 25.1 Å². The molecule has 1 aromatic heterocycles. The van der Waals surface area contributed by atoms with Crippen molar-refractivity contribution in [2.75, 3.05) is 0 Å². The van der Waals surface area contributed by atoms with E-state index in [0.717, 1.165) is 16.7 Å². The van der Waals surface area contributed by atoms with Gasteiger partial charge < -0.3 is 0 Å². The van der Waals surface area contributed by atoms with Crippen LogP contribution in [0.25, 0.3) is 22.4 Å². The van der Waals surface area contributed by atoms with Gasteiger partial charge in [-0.15, -0.1) is 0 Å². The number of pyridine rings is 1. The van der Waals surface area contributed by atoms with Gasteiger partial charge >= 0.3 is 0 Å². The molecule has 1 heterocycles. The van der Waals surface area contributed by atoms with Crippen LogP contribution in [0.5, 0.6) is 0 Å². The second-order valence-electron chi connectivity index (χ2n) is 9.35. The van der Waals surface area contributed by atoms with E-state index in [4.69, 9.17) is 9.60 Å². The third-order valence-corrected chi connectivity index (χ3v) is 4.95. The van der Waals surface area contributed by atoms with E-state index >= 15 is 0 Å². The van der Waals surface area contributed by atoms with Gasteiger partial charge in [0.1, 0.15) is 7.05 Å². The van der Waals surface area contributed by atoms with Gasteiger partial charge in [-0.3, -0.25) is 0 Å². The Hall–Kier alpha value is -2.41. The summed E-state index contributed by atoms with van der Waals surface area (Å²) in [6.07, 6.45) is -1.88. The molecule has 3 aromatic rings. The number of nitrogens with zero attached hydrogens (tertiary/aromatic N) is 1. The van der Waals surface area contributed by atoms with Crippen molar-refractivity contribution in [3.8, 4) is 22.4 Å². The molecule has 1 heteroatoms. The fraction of sp³-hybridized carbons (Fsp3) is 0.414. The molecule has 0 saturated heterocycles. The average molecular weight is 408 g/mol. The molecule has 0 bridgehead atoms. The summed E-state index contributed by atoms with van der Waals surface area (Å²) in [5.74, 6) is -0.363. The van der Waals surface area contributed by atoms with Crippen LogP contribution in [0.2, 0.25) is 0 Å². The molecule has 0 radical (unpaired) electrons. The van der Waals surface area contributed by atoms with Gasteiger partial charge in [0, 0.05) is 26.8 Å². The highest BCUT2D eigenvalue weighted by Gasteiger charge is 2.22. The maximum atomic E-state index is 9.07. The summed E-state index contributed by atoms with van der Waals surface area (Å²) in [7, 11) is 1.82. The van der Waals surface area contributed by atoms with E-state index in [2.05, 4.69) is 0 Å². The zero-order chi connectivity index (χ0) is 28.1. The summed E-state index contributed by atoms with van der Waals surface area (Å²) in [6.45, 7) is 8.61. The van der Waals surface area contributed by atoms with Crippen molar-refractivity contribution in [1.29, 1.82) is 0 Å². The van der Waals surface area contributed by atoms with Gasteiger partial charge in [-0.1, -0.05) is 71.0 Å². The first-order valence-electron chi connectivity index (χ1n) is 14.1. The highest BCUT2D eigenvalue weighted by atomic mass is 14.9. The first kappa shape index (κ1) is 14.6. The van der Waals surface area contributed by atoms with Gasteiger partial charge in [0.2, 0.25) is 5.69 Å². The number of aryl methyl sites for hydroxylation is 3. The molecule has 158 valence electrons. The second kappa shape index (κ2) is 8.76. The lowest BCUT2D eigenvalue weighted by molar-refractivity contribution is -0.660. The highest BCUT2D eigenvalue weighted by molar-refractivity contribution is 5.75. The molecule has 0 N–H and O–H groups in total. The molecule has 0 aliphatic heterocycles. The molecular formula is C29H38N+. The van der Waals surface area contributed by atoms with E-state index in [1.165, 1.54) is 0 Å². The zero-order valence-electron chi connectivity index (χ0n) is 26.2. The fourth-order valence-corrected chi connectivity index (χ4v) is 3.69. The Balaban J connectivity index is 2.42. The Morgan fingerprint density at radius 3 is 2.27 bits per heavy atom. The molecule has 0 saturated carbocycles. The minimum Gasteiger partial charge on any atom is -0.201 e. The van der Waals surface area contributed by atoms with Crippen molar-refractivity contribution >= 4 is 0 Å². The van der Waals surface area contributed by atoms with E-state index in [9.17, 15) is 0 Å². The van der Waals surface area contributed by atoms with E-state index in [1.54, 1.807) is 32.2 Å². The summed E-state index contributed by atoms with van der Waals surface area (Å²) in [5.41, 5.74) is 3.72. The van der Waals surface area contributed by atoms with E-state index in [-0.39, 0.29) is 11.5 Å². The van der Waals surface area contributed by atoms with Crippen LogP contribution in [0.1, 0.15) is 66.5 Å². The number of aromatic nitrogens is 1. The van der Waals surface area contributed by atoms with Crippen molar-refractivity contribution in [1.82, 2.24) is 0 Å². The summed E-state index contributed by atoms with van der Waals surface area (Å²) >= 11 is 0. The Morgan fingerprint density at radius 2 is 1.67 bits per heavy atom. The normalized spacial score (nSPS) is 16.7. The lowest BCUT2D eigenvalue weighted by Gasteiger charge is -2.21. The van der Waals surface area contributed by atoms with E-state index in [0.29, 0.717) is 22.4 Å². The minimum absolute atomic E-state index is 0.264. The maximum Gasteiger partial charge on any atom is 0.212 e. The van der Waals surface area contributed by atoms with Crippen LogP contribution in [0.4, 0.5) is 0 Å². The number of rotatable bonds is 5. The molecule has 2 aromatic carbocycles. The lowest BCUT2D eigenvalue weighted by atomic mass is 9.84. The molecular weight excluding hydrogens is 362 g/mol. The number of hydrogen-bond donors (Lipinski definition) is 0. The quantitative estimate of drug-likeness (QED) is 0.392. The molecule has 3 rings (SSSR count). The van der Waals surface area contributed by atoms with E-state index < -0.39 is 25.0 Å². The van der Waals surface area contributed by atoms with Crippen molar-refractivity contribution in [2.45, 2.75) is 61.1 Å². The average Bonchev–Trinajstić information content (AvgIpc) is 2.78. The third-order valence-electron chi connectivity index (χ3n) is 4.95. The Morgan fingerprint density at radius 1 is 0.967 bits per heavy atom. The third kappa shape index (κ3) is 5.19. The SMILES string of the molecule is [2H]C([2H])([2H])c1cc(C)c(-c2cc(C([2H])([2H])C(C)(C)C)c(C([2H])([2H])C(C)C)c[n+]2C)cc1-c1ccccc1. The molecule has 0 aliphatic rings. The molecule has 0 aliphatic carbocycles. The van der Waals surface area contributed by atoms with Gasteiger partial charge in [-0.2, -0.15) is 0 Å². The Kier molecular flexibility index (Phi) is 4.25. The zero-order valence-corrected chi connectivity index (χ0v) is 19.2. The Labute approximate surface area is 193 Å². The van der Waals surface area contributed by atoms with Crippen LogP contribution in [0.3, 0.4) is 0 Å². The van der Waals surface area contributed by atoms with Crippen molar-refractivity contribution < 1.29 is 14.2 Å². The number of hydrogen-bond acceptors (Lipinski definition) is 0. The van der Waals surface area contributed by atoms with E-state index in [1.807, 2.05) is 75.7 Å². The molecule has 0 spiro atoms. The van der Waals surface area contributed by atoms with Gasteiger partial charge in [-0.25, -0.2) is 4.57 Å². The largest absolute Gasteiger partial charge is 0.212 e. The van der Waals surface area contributed by atoms with Crippen LogP contribution < -0.4 is 4.57 Å². The molecule has 30 heavy (non-hydrogen) atoms. The monoisotopic (exact) mass is 407 g/mol. The predicted molar refractivity (Wildman–Crippen MR) is 130 cm³/mol. The van der Waals surface area contributed by atoms with Crippen molar-refractivity contribution in [2.24, 2.45) is 18.4 Å². The molecule has 0 atom stereocenters. The number of benzene rings is 2. The molecule has 0 amide bonds. The maximum absolute atomic E-state index is 9.07. The van der Waals surface area contributed by atoms with Gasteiger partial charge in [0.15, 0.2) is 6.20 Å². The van der Waals surface area contributed by atoms with Crippen LogP contribution in [0.15, 0.2) is 54.7 Å². The van der Waals surface area contributed by atoms with Gasteiger partial charge in [0.25, 0.3) is 0 Å². The Bertz CT molecular complexity index is 1280. The summed E-state index contributed by atoms with van der Waals surface area (Å²) in [4.78, 5) is 0. The highest BCUT2D eigenvalue weighted by Crippen LogP contribution is 2.33. The summed E-state index contributed by atoms with van der Waals surface area (Å²) in [6, 6.07) is 14.7. The first-order chi connectivity index (χ1) is 16.8. The molecule has 0 unspecified atom stereocenters. The lowest BCUT2D eigenvalue weighted by Crippen LogP contribution is -2.33.